The quantitative estimate of drug-likeness (QED) is 0.783. The van der Waals surface area contributed by atoms with E-state index in [1.165, 1.54) is 17.5 Å². The maximum absolute atomic E-state index is 6.03. The van der Waals surface area contributed by atoms with Crippen LogP contribution in [0.3, 0.4) is 0 Å². The first-order valence-corrected chi connectivity index (χ1v) is 11.5. The first kappa shape index (κ1) is 20.2. The van der Waals surface area contributed by atoms with Gasteiger partial charge < -0.3 is 14.8 Å². The minimum Gasteiger partial charge on any atom is -0.348 e. The van der Waals surface area contributed by atoms with Gasteiger partial charge >= 0.3 is 0 Å². The molecular formula is C26H34N2O2. The Morgan fingerprint density at radius 1 is 0.933 bits per heavy atom. The highest BCUT2D eigenvalue weighted by atomic mass is 16.7. The maximum atomic E-state index is 6.03. The van der Waals surface area contributed by atoms with Crippen molar-refractivity contribution in [2.45, 2.75) is 69.0 Å². The zero-order valence-corrected chi connectivity index (χ0v) is 18.1. The van der Waals surface area contributed by atoms with Crippen molar-refractivity contribution in [2.24, 2.45) is 0 Å². The van der Waals surface area contributed by atoms with Crippen LogP contribution in [0.2, 0.25) is 0 Å². The van der Waals surface area contributed by atoms with Crippen LogP contribution in [-0.2, 0) is 16.0 Å². The summed E-state index contributed by atoms with van der Waals surface area (Å²) in [5.74, 6) is -0.299. The maximum Gasteiger partial charge on any atom is 0.168 e. The lowest BCUT2D eigenvalue weighted by atomic mass is 9.76. The predicted octanol–water partition coefficient (Wildman–Crippen LogP) is 4.67. The van der Waals surface area contributed by atoms with Gasteiger partial charge in [0.05, 0.1) is 13.2 Å². The molecule has 2 atom stereocenters. The van der Waals surface area contributed by atoms with E-state index >= 15 is 0 Å². The molecule has 1 N–H and O–H groups in total. The van der Waals surface area contributed by atoms with E-state index in [0.717, 1.165) is 52.0 Å². The molecule has 2 aromatic rings. The zero-order chi connectivity index (χ0) is 20.4. The number of nitrogens with one attached hydrogen (secondary N) is 1. The minimum atomic E-state index is -0.299. The van der Waals surface area contributed by atoms with E-state index in [4.69, 9.17) is 9.47 Å². The summed E-state index contributed by atoms with van der Waals surface area (Å²) in [6.45, 7) is 5.91. The fourth-order valence-electron chi connectivity index (χ4n) is 5.85. The van der Waals surface area contributed by atoms with Gasteiger partial charge in [-0.3, -0.25) is 4.90 Å². The predicted molar refractivity (Wildman–Crippen MR) is 119 cm³/mol. The number of hydrogen-bond donors (Lipinski definition) is 1. The number of likely N-dealkylation sites (tertiary alicyclic amines) is 1. The van der Waals surface area contributed by atoms with Crippen molar-refractivity contribution < 1.29 is 9.47 Å². The Morgan fingerprint density at radius 3 is 2.23 bits per heavy atom. The summed E-state index contributed by atoms with van der Waals surface area (Å²) in [5.41, 5.74) is 3.01. The molecule has 160 valence electrons. The largest absolute Gasteiger partial charge is 0.348 e. The molecular weight excluding hydrogens is 372 g/mol. The van der Waals surface area contributed by atoms with Crippen molar-refractivity contribution >= 4 is 0 Å². The third kappa shape index (κ3) is 4.06. The molecule has 2 saturated heterocycles. The molecule has 3 fully saturated rings. The second-order valence-corrected chi connectivity index (χ2v) is 9.40. The van der Waals surface area contributed by atoms with E-state index in [9.17, 15) is 0 Å². The highest BCUT2D eigenvalue weighted by Crippen LogP contribution is 2.48. The second-order valence-electron chi connectivity index (χ2n) is 9.40. The fourth-order valence-corrected chi connectivity index (χ4v) is 5.85. The van der Waals surface area contributed by atoms with Crippen LogP contribution in [0.25, 0.3) is 0 Å². The highest BCUT2D eigenvalue weighted by Gasteiger charge is 2.52. The molecule has 0 unspecified atom stereocenters. The lowest BCUT2D eigenvalue weighted by molar-refractivity contribution is -0.192. The highest BCUT2D eigenvalue weighted by molar-refractivity contribution is 5.20. The molecule has 5 rings (SSSR count). The van der Waals surface area contributed by atoms with Crippen molar-refractivity contribution in [2.75, 3.05) is 19.8 Å². The molecule has 2 heterocycles. The summed E-state index contributed by atoms with van der Waals surface area (Å²) in [7, 11) is 0. The average Bonchev–Trinajstić information content (AvgIpc) is 3.37. The van der Waals surface area contributed by atoms with Gasteiger partial charge in [0.1, 0.15) is 0 Å². The first-order chi connectivity index (χ1) is 14.7. The summed E-state index contributed by atoms with van der Waals surface area (Å²) >= 11 is 0. The van der Waals surface area contributed by atoms with Crippen LogP contribution in [0.4, 0.5) is 0 Å². The van der Waals surface area contributed by atoms with Crippen LogP contribution < -0.4 is 5.32 Å². The van der Waals surface area contributed by atoms with Crippen LogP contribution in [0.15, 0.2) is 60.7 Å². The van der Waals surface area contributed by atoms with E-state index in [1.807, 2.05) is 0 Å². The molecule has 3 aliphatic rings. The molecule has 30 heavy (non-hydrogen) atoms. The number of ether oxygens (including phenoxy) is 2. The van der Waals surface area contributed by atoms with Crippen LogP contribution in [0.1, 0.15) is 56.2 Å². The Morgan fingerprint density at radius 2 is 1.57 bits per heavy atom. The van der Waals surface area contributed by atoms with Crippen molar-refractivity contribution in [3.63, 3.8) is 0 Å². The van der Waals surface area contributed by atoms with Crippen molar-refractivity contribution in [3.8, 4) is 0 Å². The topological polar surface area (TPSA) is 33.7 Å². The molecule has 0 aromatic heterocycles. The monoisotopic (exact) mass is 406 g/mol. The Bertz CT molecular complexity index is 809. The molecule has 2 spiro atoms. The third-order valence-electron chi connectivity index (χ3n) is 7.50. The molecule has 1 aliphatic carbocycles. The Balaban J connectivity index is 1.32. The number of hydrogen-bond acceptors (Lipinski definition) is 4. The lowest BCUT2D eigenvalue weighted by Gasteiger charge is -2.46. The van der Waals surface area contributed by atoms with E-state index in [2.05, 4.69) is 77.8 Å². The zero-order valence-electron chi connectivity index (χ0n) is 18.1. The standard InChI is InChI=1S/C26H34N2O2/c1-21(23-10-6-3-7-11-23)27-24-18-25(12-14-26(15-13-25)29-16-17-30-26)28(20-24)19-22-8-4-2-5-9-22/h2-11,21,24,27H,12-20H2,1H3/t21-,24-/m0/s1. The third-order valence-corrected chi connectivity index (χ3v) is 7.50. The number of rotatable bonds is 5. The fraction of sp³-hybridized carbons (Fsp3) is 0.538. The lowest BCUT2D eigenvalue weighted by Crippen LogP contribution is -2.50. The molecule has 0 amide bonds. The van der Waals surface area contributed by atoms with Gasteiger partial charge in [-0.1, -0.05) is 60.7 Å². The van der Waals surface area contributed by atoms with Gasteiger partial charge in [-0.2, -0.15) is 0 Å². The molecule has 4 heteroatoms. The van der Waals surface area contributed by atoms with E-state index in [1.54, 1.807) is 0 Å². The Kier molecular flexibility index (Phi) is 5.67. The van der Waals surface area contributed by atoms with Crippen LogP contribution in [0.5, 0.6) is 0 Å². The van der Waals surface area contributed by atoms with Gasteiger partial charge in [0.15, 0.2) is 5.79 Å². The van der Waals surface area contributed by atoms with Crippen LogP contribution in [-0.4, -0.2) is 42.0 Å². The molecule has 4 nitrogen and oxygen atoms in total. The average molecular weight is 407 g/mol. The van der Waals surface area contributed by atoms with Gasteiger partial charge in [0.2, 0.25) is 0 Å². The normalized spacial score (nSPS) is 26.4. The number of benzene rings is 2. The summed E-state index contributed by atoms with van der Waals surface area (Å²) in [5, 5.41) is 3.94. The summed E-state index contributed by atoms with van der Waals surface area (Å²) in [6.07, 6.45) is 5.53. The Labute approximate surface area is 180 Å². The van der Waals surface area contributed by atoms with E-state index in [-0.39, 0.29) is 11.3 Å². The molecule has 2 aromatic carbocycles. The van der Waals surface area contributed by atoms with Crippen LogP contribution >= 0.6 is 0 Å². The van der Waals surface area contributed by atoms with Crippen molar-refractivity contribution in [3.05, 3.63) is 71.8 Å². The Hall–Kier alpha value is -1.72. The van der Waals surface area contributed by atoms with Gasteiger partial charge in [0.25, 0.3) is 0 Å². The van der Waals surface area contributed by atoms with Crippen molar-refractivity contribution in [1.82, 2.24) is 10.2 Å². The summed E-state index contributed by atoms with van der Waals surface area (Å²) in [4.78, 5) is 2.75. The first-order valence-electron chi connectivity index (χ1n) is 11.5. The minimum absolute atomic E-state index is 0.241. The van der Waals surface area contributed by atoms with Crippen molar-refractivity contribution in [1.29, 1.82) is 0 Å². The molecule has 0 bridgehead atoms. The molecule has 2 aliphatic heterocycles. The molecule has 0 radical (unpaired) electrons. The van der Waals surface area contributed by atoms with Crippen LogP contribution in [0, 0.1) is 0 Å². The summed E-state index contributed by atoms with van der Waals surface area (Å²) in [6, 6.07) is 22.6. The van der Waals surface area contributed by atoms with Gasteiger partial charge in [-0.15, -0.1) is 0 Å². The second kappa shape index (κ2) is 8.43. The van der Waals surface area contributed by atoms with Gasteiger partial charge in [0, 0.05) is 43.6 Å². The number of nitrogens with zero attached hydrogens (tertiary/aromatic N) is 1. The van der Waals surface area contributed by atoms with E-state index in [0.29, 0.717) is 12.1 Å². The smallest absolute Gasteiger partial charge is 0.168 e. The summed E-state index contributed by atoms with van der Waals surface area (Å²) < 4.78 is 12.1. The SMILES string of the molecule is C[C@H](N[C@@H]1CN(Cc2ccccc2)C2(CCC3(CC2)OCCO3)C1)c1ccccc1. The van der Waals surface area contributed by atoms with E-state index < -0.39 is 0 Å². The van der Waals surface area contributed by atoms with Gasteiger partial charge in [-0.25, -0.2) is 0 Å². The van der Waals surface area contributed by atoms with Gasteiger partial charge in [-0.05, 0) is 37.3 Å². The molecule has 1 saturated carbocycles.